The van der Waals surface area contributed by atoms with Crippen molar-refractivity contribution in [2.75, 3.05) is 0 Å². The molecule has 0 aliphatic heterocycles. The fraction of sp³-hybridized carbons (Fsp3) is 0.143. The van der Waals surface area contributed by atoms with Crippen LogP contribution < -0.4 is 4.74 Å². The number of hydrogen-bond acceptors (Lipinski definition) is 1. The molecule has 1 heteroatoms. The monoisotopic (exact) mass is 287 g/mol. The first-order valence-electron chi connectivity index (χ1n) is 7.55. The quantitative estimate of drug-likeness (QED) is 0.630. The SMILES string of the molecule is Cc1ccc(C(Cc2ccccc2)Oc2[c]cccc2)cc1. The molecule has 1 radical (unpaired) electrons. The summed E-state index contributed by atoms with van der Waals surface area (Å²) in [7, 11) is 0. The van der Waals surface area contributed by atoms with Gasteiger partial charge in [-0.3, -0.25) is 0 Å². The molecular weight excluding hydrogens is 268 g/mol. The van der Waals surface area contributed by atoms with Crippen LogP contribution in [0.5, 0.6) is 5.75 Å². The van der Waals surface area contributed by atoms with E-state index < -0.39 is 0 Å². The third-order valence-electron chi connectivity index (χ3n) is 3.66. The van der Waals surface area contributed by atoms with Crippen molar-refractivity contribution in [3.05, 3.63) is 102 Å². The average Bonchev–Trinajstić information content (AvgIpc) is 2.57. The molecule has 3 rings (SSSR count). The summed E-state index contributed by atoms with van der Waals surface area (Å²) in [4.78, 5) is 0. The van der Waals surface area contributed by atoms with Crippen LogP contribution in [0.1, 0.15) is 22.8 Å². The summed E-state index contributed by atoms with van der Waals surface area (Å²) in [5.74, 6) is 0.781. The van der Waals surface area contributed by atoms with E-state index in [0.29, 0.717) is 0 Å². The number of benzene rings is 3. The Hall–Kier alpha value is -2.54. The molecule has 0 N–H and O–H groups in total. The van der Waals surface area contributed by atoms with Crippen molar-refractivity contribution in [1.29, 1.82) is 0 Å². The van der Waals surface area contributed by atoms with Gasteiger partial charge < -0.3 is 4.74 Å². The van der Waals surface area contributed by atoms with E-state index in [1.165, 1.54) is 16.7 Å². The van der Waals surface area contributed by atoms with Gasteiger partial charge in [0.1, 0.15) is 11.9 Å². The largest absolute Gasteiger partial charge is 0.485 e. The van der Waals surface area contributed by atoms with E-state index in [2.05, 4.69) is 61.5 Å². The van der Waals surface area contributed by atoms with Crippen LogP contribution in [-0.2, 0) is 6.42 Å². The van der Waals surface area contributed by atoms with Gasteiger partial charge in [0.2, 0.25) is 0 Å². The predicted molar refractivity (Wildman–Crippen MR) is 90.0 cm³/mol. The molecule has 0 saturated heterocycles. The number of hydrogen-bond donors (Lipinski definition) is 0. The molecule has 0 saturated carbocycles. The van der Waals surface area contributed by atoms with Crippen LogP contribution in [0.4, 0.5) is 0 Å². The molecule has 109 valence electrons. The molecule has 0 aliphatic rings. The molecule has 1 nitrogen and oxygen atoms in total. The van der Waals surface area contributed by atoms with Gasteiger partial charge >= 0.3 is 0 Å². The molecule has 3 aromatic rings. The average molecular weight is 287 g/mol. The summed E-state index contributed by atoms with van der Waals surface area (Å²) < 4.78 is 6.19. The van der Waals surface area contributed by atoms with Gasteiger partial charge in [-0.2, -0.15) is 0 Å². The minimum absolute atomic E-state index is 0.0124. The van der Waals surface area contributed by atoms with E-state index in [1.54, 1.807) is 0 Å². The Morgan fingerprint density at radius 3 is 2.27 bits per heavy atom. The van der Waals surface area contributed by atoms with Crippen molar-refractivity contribution in [2.24, 2.45) is 0 Å². The van der Waals surface area contributed by atoms with Gasteiger partial charge in [-0.15, -0.1) is 0 Å². The first-order chi connectivity index (χ1) is 10.8. The van der Waals surface area contributed by atoms with E-state index in [4.69, 9.17) is 4.74 Å². The van der Waals surface area contributed by atoms with Crippen molar-refractivity contribution in [1.82, 2.24) is 0 Å². The van der Waals surface area contributed by atoms with Crippen LogP contribution in [0.25, 0.3) is 0 Å². The van der Waals surface area contributed by atoms with Gasteiger partial charge in [0.05, 0.1) is 0 Å². The molecule has 0 aliphatic carbocycles. The maximum absolute atomic E-state index is 6.19. The lowest BCUT2D eigenvalue weighted by molar-refractivity contribution is 0.205. The van der Waals surface area contributed by atoms with E-state index in [9.17, 15) is 0 Å². The Morgan fingerprint density at radius 1 is 0.864 bits per heavy atom. The number of aryl methyl sites for hydroxylation is 1. The maximum Gasteiger partial charge on any atom is 0.128 e. The third-order valence-corrected chi connectivity index (χ3v) is 3.66. The number of para-hydroxylation sites is 1. The van der Waals surface area contributed by atoms with Crippen LogP contribution in [-0.4, -0.2) is 0 Å². The molecule has 0 heterocycles. The second-order valence-corrected chi connectivity index (χ2v) is 5.43. The Kier molecular flexibility index (Phi) is 4.55. The number of rotatable bonds is 5. The minimum Gasteiger partial charge on any atom is -0.485 e. The zero-order valence-corrected chi connectivity index (χ0v) is 12.7. The van der Waals surface area contributed by atoms with E-state index in [-0.39, 0.29) is 6.10 Å². The maximum atomic E-state index is 6.19. The summed E-state index contributed by atoms with van der Waals surface area (Å²) in [5.41, 5.74) is 3.71. The minimum atomic E-state index is -0.0124. The smallest absolute Gasteiger partial charge is 0.128 e. The Morgan fingerprint density at radius 2 is 1.59 bits per heavy atom. The van der Waals surface area contributed by atoms with Gasteiger partial charge in [0.25, 0.3) is 0 Å². The molecule has 1 atom stereocenters. The van der Waals surface area contributed by atoms with Gasteiger partial charge in [0, 0.05) is 12.5 Å². The van der Waals surface area contributed by atoms with Gasteiger partial charge in [-0.1, -0.05) is 78.4 Å². The Labute approximate surface area is 132 Å². The van der Waals surface area contributed by atoms with Crippen LogP contribution in [0.3, 0.4) is 0 Å². The lowest BCUT2D eigenvalue weighted by Gasteiger charge is -2.20. The number of ether oxygens (including phenoxy) is 1. The molecule has 22 heavy (non-hydrogen) atoms. The standard InChI is InChI=1S/C21H19O/c1-17-12-14-19(15-13-17)21(16-18-8-4-2-5-9-18)22-20-10-6-3-7-11-20/h2-10,12-15,21H,16H2,1H3. The summed E-state index contributed by atoms with van der Waals surface area (Å²) in [6.07, 6.45) is 0.828. The highest BCUT2D eigenvalue weighted by Crippen LogP contribution is 2.25. The zero-order chi connectivity index (χ0) is 15.2. The summed E-state index contributed by atoms with van der Waals surface area (Å²) in [6.45, 7) is 2.10. The molecule has 0 amide bonds. The molecule has 0 aromatic heterocycles. The van der Waals surface area contributed by atoms with Gasteiger partial charge in [-0.25, -0.2) is 0 Å². The van der Waals surface area contributed by atoms with E-state index >= 15 is 0 Å². The first kappa shape index (κ1) is 14.4. The summed E-state index contributed by atoms with van der Waals surface area (Å²) >= 11 is 0. The topological polar surface area (TPSA) is 9.23 Å². The van der Waals surface area contributed by atoms with E-state index in [1.807, 2.05) is 30.3 Å². The van der Waals surface area contributed by atoms with Gasteiger partial charge in [-0.05, 0) is 24.1 Å². The Bertz CT molecular complexity index is 645. The molecule has 0 bridgehead atoms. The molecular formula is C21H19O. The lowest BCUT2D eigenvalue weighted by Crippen LogP contribution is -2.11. The molecule has 0 spiro atoms. The van der Waals surface area contributed by atoms with Crippen molar-refractivity contribution in [3.63, 3.8) is 0 Å². The molecule has 3 aromatic carbocycles. The molecule has 0 fully saturated rings. The van der Waals surface area contributed by atoms with Crippen LogP contribution >= 0.6 is 0 Å². The van der Waals surface area contributed by atoms with Crippen molar-refractivity contribution >= 4 is 0 Å². The highest BCUT2D eigenvalue weighted by molar-refractivity contribution is 5.28. The highest BCUT2D eigenvalue weighted by atomic mass is 16.5. The van der Waals surface area contributed by atoms with Crippen LogP contribution in [0.2, 0.25) is 0 Å². The van der Waals surface area contributed by atoms with Crippen molar-refractivity contribution < 1.29 is 4.74 Å². The van der Waals surface area contributed by atoms with E-state index in [0.717, 1.165) is 12.2 Å². The lowest BCUT2D eigenvalue weighted by atomic mass is 10.0. The normalized spacial score (nSPS) is 11.9. The fourth-order valence-electron chi connectivity index (χ4n) is 2.44. The van der Waals surface area contributed by atoms with Gasteiger partial charge in [0.15, 0.2) is 0 Å². The predicted octanol–water partition coefficient (Wildman–Crippen LogP) is 5.16. The molecule has 1 unspecified atom stereocenters. The second-order valence-electron chi connectivity index (χ2n) is 5.43. The van der Waals surface area contributed by atoms with Crippen molar-refractivity contribution in [2.45, 2.75) is 19.4 Å². The fourth-order valence-corrected chi connectivity index (χ4v) is 2.44. The third kappa shape index (κ3) is 3.76. The van der Waals surface area contributed by atoms with Crippen LogP contribution in [0, 0.1) is 13.0 Å². The van der Waals surface area contributed by atoms with Crippen molar-refractivity contribution in [3.8, 4) is 5.75 Å². The highest BCUT2D eigenvalue weighted by Gasteiger charge is 2.14. The zero-order valence-electron chi connectivity index (χ0n) is 12.7. The Balaban J connectivity index is 1.86. The summed E-state index contributed by atoms with van der Waals surface area (Å²) in [6, 6.07) is 29.9. The summed E-state index contributed by atoms with van der Waals surface area (Å²) in [5, 5.41) is 0. The van der Waals surface area contributed by atoms with Crippen LogP contribution in [0.15, 0.2) is 78.9 Å². The first-order valence-corrected chi connectivity index (χ1v) is 7.55. The second kappa shape index (κ2) is 6.95.